The predicted octanol–water partition coefficient (Wildman–Crippen LogP) is 1.69. The van der Waals surface area contributed by atoms with Gasteiger partial charge in [0.1, 0.15) is 11.5 Å². The first-order valence-electron chi connectivity index (χ1n) is 6.25. The summed E-state index contributed by atoms with van der Waals surface area (Å²) in [5, 5.41) is 12.9. The van der Waals surface area contributed by atoms with Gasteiger partial charge in [0, 0.05) is 0 Å². The molecule has 0 saturated carbocycles. The largest absolute Gasteiger partial charge is 0.395 e. The second kappa shape index (κ2) is 5.25. The number of amides is 1. The molecule has 0 bridgehead atoms. The predicted molar refractivity (Wildman–Crippen MR) is 75.3 cm³/mol. The van der Waals surface area contributed by atoms with Crippen molar-refractivity contribution >= 4 is 11.6 Å². The summed E-state index contributed by atoms with van der Waals surface area (Å²) in [5.74, 6) is -1.53. The minimum atomic E-state index is -0.796. The SMILES string of the molecule is CC(C)c1nn(-c2ccc(C#N)cc2F)c(C(N)=O)c1N. The van der Waals surface area contributed by atoms with Gasteiger partial charge < -0.3 is 11.5 Å². The summed E-state index contributed by atoms with van der Waals surface area (Å²) in [4.78, 5) is 11.6. The molecule has 2 rings (SSSR count). The topological polar surface area (TPSA) is 111 Å². The smallest absolute Gasteiger partial charge is 0.269 e. The molecule has 1 aromatic heterocycles. The summed E-state index contributed by atoms with van der Waals surface area (Å²) >= 11 is 0. The Hall–Kier alpha value is -2.88. The van der Waals surface area contributed by atoms with Crippen LogP contribution in [-0.4, -0.2) is 15.7 Å². The third kappa shape index (κ3) is 2.43. The van der Waals surface area contributed by atoms with Crippen molar-refractivity contribution in [2.24, 2.45) is 5.73 Å². The van der Waals surface area contributed by atoms with Crippen LogP contribution in [0.4, 0.5) is 10.1 Å². The van der Waals surface area contributed by atoms with Crippen molar-refractivity contribution in [3.8, 4) is 11.8 Å². The maximum absolute atomic E-state index is 14.1. The molecule has 6 nitrogen and oxygen atoms in total. The van der Waals surface area contributed by atoms with E-state index in [9.17, 15) is 9.18 Å². The Labute approximate surface area is 120 Å². The van der Waals surface area contributed by atoms with E-state index in [-0.39, 0.29) is 28.6 Å². The van der Waals surface area contributed by atoms with Gasteiger partial charge in [-0.25, -0.2) is 9.07 Å². The van der Waals surface area contributed by atoms with Crippen molar-refractivity contribution in [2.45, 2.75) is 19.8 Å². The van der Waals surface area contributed by atoms with Gasteiger partial charge in [0.15, 0.2) is 5.69 Å². The zero-order chi connectivity index (χ0) is 15.7. The highest BCUT2D eigenvalue weighted by Gasteiger charge is 2.23. The standard InChI is InChI=1S/C14H14FN5O/c1-7(2)12-11(17)13(14(18)21)20(19-12)10-4-3-8(6-16)5-9(10)15/h3-5,7H,17H2,1-2H3,(H2,18,21). The number of hydrogen-bond acceptors (Lipinski definition) is 4. The zero-order valence-electron chi connectivity index (χ0n) is 11.6. The van der Waals surface area contributed by atoms with Crippen molar-refractivity contribution in [1.29, 1.82) is 5.26 Å². The van der Waals surface area contributed by atoms with Crippen LogP contribution in [0.1, 0.15) is 41.5 Å². The van der Waals surface area contributed by atoms with Crippen molar-refractivity contribution in [2.75, 3.05) is 5.73 Å². The molecular weight excluding hydrogens is 273 g/mol. The summed E-state index contributed by atoms with van der Waals surface area (Å²) in [6, 6.07) is 5.68. The average molecular weight is 287 g/mol. The molecule has 7 heteroatoms. The van der Waals surface area contributed by atoms with Crippen LogP contribution in [0.3, 0.4) is 0 Å². The molecule has 1 amide bonds. The summed E-state index contributed by atoms with van der Waals surface area (Å²) in [6.45, 7) is 3.70. The monoisotopic (exact) mass is 287 g/mol. The third-order valence-corrected chi connectivity index (χ3v) is 3.04. The fourth-order valence-electron chi connectivity index (χ4n) is 2.03. The van der Waals surface area contributed by atoms with Crippen molar-refractivity contribution in [3.05, 3.63) is 41.0 Å². The van der Waals surface area contributed by atoms with Crippen molar-refractivity contribution in [3.63, 3.8) is 0 Å². The normalized spacial score (nSPS) is 10.6. The number of nitrogens with two attached hydrogens (primary N) is 2. The number of carbonyl (C=O) groups is 1. The van der Waals surface area contributed by atoms with Gasteiger partial charge in [-0.1, -0.05) is 13.8 Å². The lowest BCUT2D eigenvalue weighted by Gasteiger charge is -2.06. The molecular formula is C14H14FN5O. The van der Waals surface area contributed by atoms with E-state index in [1.54, 1.807) is 0 Å². The van der Waals surface area contributed by atoms with E-state index >= 15 is 0 Å². The van der Waals surface area contributed by atoms with Crippen molar-refractivity contribution in [1.82, 2.24) is 9.78 Å². The van der Waals surface area contributed by atoms with E-state index in [4.69, 9.17) is 16.7 Å². The van der Waals surface area contributed by atoms with E-state index in [0.717, 1.165) is 10.7 Å². The van der Waals surface area contributed by atoms with Gasteiger partial charge >= 0.3 is 0 Å². The highest BCUT2D eigenvalue weighted by atomic mass is 19.1. The molecule has 0 unspecified atom stereocenters. The summed E-state index contributed by atoms with van der Waals surface area (Å²) < 4.78 is 15.2. The third-order valence-electron chi connectivity index (χ3n) is 3.04. The second-order valence-corrected chi connectivity index (χ2v) is 4.86. The number of carbonyl (C=O) groups excluding carboxylic acids is 1. The van der Waals surface area contributed by atoms with Crippen LogP contribution in [0.5, 0.6) is 0 Å². The lowest BCUT2D eigenvalue weighted by molar-refractivity contribution is 0.0993. The molecule has 0 aliphatic heterocycles. The molecule has 108 valence electrons. The minimum absolute atomic E-state index is 0.0152. The van der Waals surface area contributed by atoms with Crippen LogP contribution in [-0.2, 0) is 0 Å². The van der Waals surface area contributed by atoms with E-state index in [2.05, 4.69) is 5.10 Å². The molecule has 0 fully saturated rings. The van der Waals surface area contributed by atoms with E-state index < -0.39 is 11.7 Å². The first kappa shape index (κ1) is 14.5. The maximum atomic E-state index is 14.1. The number of benzene rings is 1. The number of rotatable bonds is 3. The van der Waals surface area contributed by atoms with Gasteiger partial charge in [-0.15, -0.1) is 0 Å². The van der Waals surface area contributed by atoms with Crippen molar-refractivity contribution < 1.29 is 9.18 Å². The van der Waals surface area contributed by atoms with Crippen LogP contribution >= 0.6 is 0 Å². The molecule has 0 spiro atoms. The summed E-state index contributed by atoms with van der Waals surface area (Å²) in [7, 11) is 0. The lowest BCUT2D eigenvalue weighted by atomic mass is 10.1. The van der Waals surface area contributed by atoms with Crippen LogP contribution in [0.15, 0.2) is 18.2 Å². The number of halogens is 1. The Kier molecular flexibility index (Phi) is 3.63. The highest BCUT2D eigenvalue weighted by Crippen LogP contribution is 2.27. The molecule has 2 aromatic rings. The van der Waals surface area contributed by atoms with Crippen LogP contribution in [0.25, 0.3) is 5.69 Å². The van der Waals surface area contributed by atoms with E-state index in [1.165, 1.54) is 12.1 Å². The number of nitrogens with zero attached hydrogens (tertiary/aromatic N) is 3. The Morgan fingerprint density at radius 2 is 2.14 bits per heavy atom. The minimum Gasteiger partial charge on any atom is -0.395 e. The van der Waals surface area contributed by atoms with Crippen LogP contribution < -0.4 is 11.5 Å². The van der Waals surface area contributed by atoms with Crippen LogP contribution in [0.2, 0.25) is 0 Å². The number of primary amides is 1. The lowest BCUT2D eigenvalue weighted by Crippen LogP contribution is -2.19. The molecule has 0 saturated heterocycles. The molecule has 4 N–H and O–H groups in total. The molecule has 0 aliphatic rings. The highest BCUT2D eigenvalue weighted by molar-refractivity contribution is 5.97. The molecule has 1 heterocycles. The molecule has 0 radical (unpaired) electrons. The average Bonchev–Trinajstić information content (AvgIpc) is 2.76. The Morgan fingerprint density at radius 1 is 1.48 bits per heavy atom. The van der Waals surface area contributed by atoms with Gasteiger partial charge in [-0.3, -0.25) is 4.79 Å². The Balaban J connectivity index is 2.72. The number of anilines is 1. The van der Waals surface area contributed by atoms with Gasteiger partial charge in [0.25, 0.3) is 5.91 Å². The van der Waals surface area contributed by atoms with Crippen LogP contribution in [0, 0.1) is 17.1 Å². The first-order chi connectivity index (χ1) is 9.86. The maximum Gasteiger partial charge on any atom is 0.269 e. The zero-order valence-corrected chi connectivity index (χ0v) is 11.6. The summed E-state index contributed by atoms with van der Waals surface area (Å²) in [6.07, 6.45) is 0. The van der Waals surface area contributed by atoms with Gasteiger partial charge in [0.2, 0.25) is 0 Å². The first-order valence-corrected chi connectivity index (χ1v) is 6.25. The van der Waals surface area contributed by atoms with Gasteiger partial charge in [-0.05, 0) is 24.1 Å². The Morgan fingerprint density at radius 3 is 2.62 bits per heavy atom. The van der Waals surface area contributed by atoms with E-state index in [1.807, 2.05) is 19.9 Å². The number of hydrogen-bond donors (Lipinski definition) is 2. The fourth-order valence-corrected chi connectivity index (χ4v) is 2.03. The fraction of sp³-hybridized carbons (Fsp3) is 0.214. The quantitative estimate of drug-likeness (QED) is 0.894. The second-order valence-electron chi connectivity index (χ2n) is 4.86. The van der Waals surface area contributed by atoms with E-state index in [0.29, 0.717) is 5.69 Å². The number of aromatic nitrogens is 2. The molecule has 0 aliphatic carbocycles. The molecule has 21 heavy (non-hydrogen) atoms. The number of nitrogen functional groups attached to an aromatic ring is 1. The number of nitriles is 1. The Bertz CT molecular complexity index is 757. The van der Waals surface area contributed by atoms with Gasteiger partial charge in [0.05, 0.1) is 23.0 Å². The molecule has 1 aromatic carbocycles. The molecule has 0 atom stereocenters. The summed E-state index contributed by atoms with van der Waals surface area (Å²) in [5.41, 5.74) is 11.9. The van der Waals surface area contributed by atoms with Gasteiger partial charge in [-0.2, -0.15) is 10.4 Å².